The molecule has 0 spiro atoms. The summed E-state index contributed by atoms with van der Waals surface area (Å²) in [7, 11) is 0. The standard InChI is InChI=1S/C22H14ClNO2S/c23-18-10-12-19(13-11-18)24-21(25)20(27-22(24)26)14-15-6-8-17(9-7-15)16-4-2-1-3-5-16/h1-14H/b20-14+. The van der Waals surface area contributed by atoms with E-state index in [1.807, 2.05) is 54.6 Å². The van der Waals surface area contributed by atoms with Gasteiger partial charge in [0.05, 0.1) is 10.6 Å². The molecule has 0 bridgehead atoms. The lowest BCUT2D eigenvalue weighted by Gasteiger charge is -2.12. The fraction of sp³-hybridized carbons (Fsp3) is 0. The third-order valence-electron chi connectivity index (χ3n) is 4.19. The van der Waals surface area contributed by atoms with Crippen molar-refractivity contribution in [1.82, 2.24) is 0 Å². The summed E-state index contributed by atoms with van der Waals surface area (Å²) in [6.45, 7) is 0. The first-order valence-corrected chi connectivity index (χ1v) is 9.50. The van der Waals surface area contributed by atoms with E-state index in [-0.39, 0.29) is 11.1 Å². The highest BCUT2D eigenvalue weighted by Crippen LogP contribution is 2.36. The SMILES string of the molecule is O=C1S/C(=C/c2ccc(-c3ccccc3)cc2)C(=O)N1c1ccc(Cl)cc1. The molecule has 3 aromatic carbocycles. The van der Waals surface area contributed by atoms with Gasteiger partial charge in [-0.2, -0.15) is 0 Å². The Morgan fingerprint density at radius 2 is 1.41 bits per heavy atom. The van der Waals surface area contributed by atoms with E-state index in [0.29, 0.717) is 15.6 Å². The van der Waals surface area contributed by atoms with Gasteiger partial charge in [-0.15, -0.1) is 0 Å². The third-order valence-corrected chi connectivity index (χ3v) is 5.32. The molecule has 1 aliphatic heterocycles. The van der Waals surface area contributed by atoms with Crippen molar-refractivity contribution in [2.75, 3.05) is 4.90 Å². The number of rotatable bonds is 3. The monoisotopic (exact) mass is 391 g/mol. The Morgan fingerprint density at radius 1 is 0.778 bits per heavy atom. The fourth-order valence-electron chi connectivity index (χ4n) is 2.83. The van der Waals surface area contributed by atoms with Gasteiger partial charge in [-0.25, -0.2) is 4.90 Å². The predicted molar refractivity (Wildman–Crippen MR) is 112 cm³/mol. The van der Waals surface area contributed by atoms with Crippen LogP contribution in [0.3, 0.4) is 0 Å². The molecule has 0 aliphatic carbocycles. The van der Waals surface area contributed by atoms with Crippen LogP contribution in [0.5, 0.6) is 0 Å². The van der Waals surface area contributed by atoms with E-state index in [1.165, 1.54) is 4.90 Å². The Labute approximate surface area is 166 Å². The average Bonchev–Trinajstić information content (AvgIpc) is 2.97. The summed E-state index contributed by atoms with van der Waals surface area (Å²) in [6, 6.07) is 24.6. The zero-order valence-electron chi connectivity index (χ0n) is 14.1. The second-order valence-corrected chi connectivity index (χ2v) is 7.41. The Morgan fingerprint density at radius 3 is 2.07 bits per heavy atom. The van der Waals surface area contributed by atoms with E-state index in [2.05, 4.69) is 0 Å². The Hall–Kier alpha value is -2.82. The molecule has 1 saturated heterocycles. The Bertz CT molecular complexity index is 1030. The van der Waals surface area contributed by atoms with Gasteiger partial charge in [0, 0.05) is 5.02 Å². The second kappa shape index (κ2) is 7.43. The number of halogens is 1. The van der Waals surface area contributed by atoms with Crippen LogP contribution in [0.4, 0.5) is 10.5 Å². The Kier molecular flexibility index (Phi) is 4.84. The van der Waals surface area contributed by atoms with Gasteiger partial charge in [-0.3, -0.25) is 9.59 Å². The zero-order valence-corrected chi connectivity index (χ0v) is 15.7. The van der Waals surface area contributed by atoms with Crippen molar-refractivity contribution in [2.45, 2.75) is 0 Å². The first-order valence-electron chi connectivity index (χ1n) is 8.31. The molecule has 3 aromatic rings. The average molecular weight is 392 g/mol. The molecule has 0 N–H and O–H groups in total. The molecular formula is C22H14ClNO2S. The summed E-state index contributed by atoms with van der Waals surface area (Å²) in [5.41, 5.74) is 3.62. The number of hydrogen-bond acceptors (Lipinski definition) is 3. The maximum atomic E-state index is 12.7. The van der Waals surface area contributed by atoms with Crippen molar-refractivity contribution >= 4 is 46.3 Å². The van der Waals surface area contributed by atoms with E-state index in [0.717, 1.165) is 28.5 Å². The number of benzene rings is 3. The van der Waals surface area contributed by atoms with Crippen molar-refractivity contribution in [3.8, 4) is 11.1 Å². The van der Waals surface area contributed by atoms with E-state index in [1.54, 1.807) is 30.3 Å². The highest BCUT2D eigenvalue weighted by molar-refractivity contribution is 8.19. The van der Waals surface area contributed by atoms with Crippen molar-refractivity contribution in [1.29, 1.82) is 0 Å². The van der Waals surface area contributed by atoms with Crippen LogP contribution >= 0.6 is 23.4 Å². The summed E-state index contributed by atoms with van der Waals surface area (Å²) in [5.74, 6) is -0.320. The van der Waals surface area contributed by atoms with Crippen LogP contribution < -0.4 is 4.90 Å². The molecule has 4 rings (SSSR count). The van der Waals surface area contributed by atoms with E-state index < -0.39 is 0 Å². The van der Waals surface area contributed by atoms with Gasteiger partial charge < -0.3 is 0 Å². The second-order valence-electron chi connectivity index (χ2n) is 5.98. The largest absolute Gasteiger partial charge is 0.298 e. The minimum Gasteiger partial charge on any atom is -0.268 e. The summed E-state index contributed by atoms with van der Waals surface area (Å²) < 4.78 is 0. The highest BCUT2D eigenvalue weighted by atomic mass is 35.5. The number of carbonyl (C=O) groups is 2. The van der Waals surface area contributed by atoms with Crippen LogP contribution in [0.25, 0.3) is 17.2 Å². The van der Waals surface area contributed by atoms with E-state index >= 15 is 0 Å². The van der Waals surface area contributed by atoms with Crippen molar-refractivity contribution < 1.29 is 9.59 Å². The van der Waals surface area contributed by atoms with Crippen LogP contribution in [0, 0.1) is 0 Å². The lowest BCUT2D eigenvalue weighted by Crippen LogP contribution is -2.27. The quantitative estimate of drug-likeness (QED) is 0.495. The molecule has 1 aliphatic rings. The van der Waals surface area contributed by atoms with E-state index in [4.69, 9.17) is 11.6 Å². The van der Waals surface area contributed by atoms with Gasteiger partial charge in [-0.1, -0.05) is 66.2 Å². The lowest BCUT2D eigenvalue weighted by molar-refractivity contribution is -0.113. The number of anilines is 1. The topological polar surface area (TPSA) is 37.4 Å². The van der Waals surface area contributed by atoms with Gasteiger partial charge in [0.25, 0.3) is 11.1 Å². The molecule has 27 heavy (non-hydrogen) atoms. The van der Waals surface area contributed by atoms with Crippen LogP contribution in [-0.4, -0.2) is 11.1 Å². The van der Waals surface area contributed by atoms with Crippen LogP contribution in [0.2, 0.25) is 5.02 Å². The van der Waals surface area contributed by atoms with E-state index in [9.17, 15) is 9.59 Å². The molecule has 0 unspecified atom stereocenters. The minimum atomic E-state index is -0.320. The summed E-state index contributed by atoms with van der Waals surface area (Å²) in [6.07, 6.45) is 1.75. The van der Waals surface area contributed by atoms with Crippen molar-refractivity contribution in [2.24, 2.45) is 0 Å². The number of nitrogens with zero attached hydrogens (tertiary/aromatic N) is 1. The molecule has 3 nitrogen and oxygen atoms in total. The van der Waals surface area contributed by atoms with Crippen molar-refractivity contribution in [3.05, 3.63) is 94.4 Å². The molecule has 0 radical (unpaired) electrons. The van der Waals surface area contributed by atoms with Gasteiger partial charge in [-0.05, 0) is 58.8 Å². The van der Waals surface area contributed by atoms with Crippen LogP contribution in [-0.2, 0) is 4.79 Å². The number of carbonyl (C=O) groups excluding carboxylic acids is 2. The van der Waals surface area contributed by atoms with Crippen LogP contribution in [0.15, 0.2) is 83.8 Å². The van der Waals surface area contributed by atoms with Gasteiger partial charge in [0.15, 0.2) is 0 Å². The number of amides is 2. The molecule has 0 saturated carbocycles. The van der Waals surface area contributed by atoms with Crippen LogP contribution in [0.1, 0.15) is 5.56 Å². The predicted octanol–water partition coefficient (Wildman–Crippen LogP) is 6.25. The summed E-state index contributed by atoms with van der Waals surface area (Å²) in [5, 5.41) is 0.245. The summed E-state index contributed by atoms with van der Waals surface area (Å²) >= 11 is 6.82. The lowest BCUT2D eigenvalue weighted by atomic mass is 10.0. The minimum absolute atomic E-state index is 0.311. The number of imide groups is 1. The molecular weight excluding hydrogens is 378 g/mol. The third kappa shape index (κ3) is 3.68. The highest BCUT2D eigenvalue weighted by Gasteiger charge is 2.36. The first kappa shape index (κ1) is 17.6. The zero-order chi connectivity index (χ0) is 18.8. The maximum Gasteiger partial charge on any atom is 0.298 e. The molecule has 1 fully saturated rings. The molecule has 2 amide bonds. The molecule has 132 valence electrons. The normalized spacial score (nSPS) is 15.6. The molecule has 0 atom stereocenters. The number of thioether (sulfide) groups is 1. The molecule has 5 heteroatoms. The fourth-order valence-corrected chi connectivity index (χ4v) is 3.80. The summed E-state index contributed by atoms with van der Waals surface area (Å²) in [4.78, 5) is 26.6. The maximum absolute atomic E-state index is 12.7. The van der Waals surface area contributed by atoms with Gasteiger partial charge in [0.2, 0.25) is 0 Å². The first-order chi connectivity index (χ1) is 13.1. The van der Waals surface area contributed by atoms with Gasteiger partial charge in [0.1, 0.15) is 0 Å². The number of hydrogen-bond donors (Lipinski definition) is 0. The Balaban J connectivity index is 1.58. The molecule has 0 aromatic heterocycles. The smallest absolute Gasteiger partial charge is 0.268 e. The van der Waals surface area contributed by atoms with Gasteiger partial charge >= 0.3 is 0 Å². The molecule has 1 heterocycles. The van der Waals surface area contributed by atoms with Crippen molar-refractivity contribution in [3.63, 3.8) is 0 Å².